The summed E-state index contributed by atoms with van der Waals surface area (Å²) in [6.45, 7) is 4.33. The highest BCUT2D eigenvalue weighted by Gasteiger charge is 2.21. The van der Waals surface area contributed by atoms with Crippen molar-refractivity contribution in [1.29, 1.82) is 0 Å². The van der Waals surface area contributed by atoms with E-state index in [1.165, 1.54) is 44.9 Å². The second kappa shape index (κ2) is 12.6. The maximum absolute atomic E-state index is 11.6. The molecule has 2 N–H and O–H groups in total. The third-order valence-electron chi connectivity index (χ3n) is 3.41. The SMILES string of the molecule is CCCCCCCCCCCC(N)S(=O)(=O)OCCC. The van der Waals surface area contributed by atoms with E-state index in [1.54, 1.807) is 0 Å². The van der Waals surface area contributed by atoms with Crippen LogP contribution >= 0.6 is 0 Å². The van der Waals surface area contributed by atoms with E-state index in [1.807, 2.05) is 6.92 Å². The van der Waals surface area contributed by atoms with Gasteiger partial charge in [-0.25, -0.2) is 0 Å². The maximum atomic E-state index is 11.6. The van der Waals surface area contributed by atoms with Gasteiger partial charge in [-0.05, 0) is 12.8 Å². The van der Waals surface area contributed by atoms with Crippen LogP contribution in [-0.2, 0) is 14.3 Å². The van der Waals surface area contributed by atoms with Crippen LogP contribution in [0.25, 0.3) is 0 Å². The maximum Gasteiger partial charge on any atom is 0.283 e. The first-order valence-electron chi connectivity index (χ1n) is 8.18. The fourth-order valence-electron chi connectivity index (χ4n) is 2.09. The zero-order valence-electron chi connectivity index (χ0n) is 13.3. The van der Waals surface area contributed by atoms with E-state index in [0.29, 0.717) is 12.8 Å². The number of nitrogens with two attached hydrogens (primary N) is 1. The van der Waals surface area contributed by atoms with E-state index in [-0.39, 0.29) is 6.61 Å². The Kier molecular flexibility index (Phi) is 12.5. The number of unbranched alkanes of at least 4 members (excludes halogenated alkanes) is 8. The predicted octanol–water partition coefficient (Wildman–Crippen LogP) is 3.95. The fraction of sp³-hybridized carbons (Fsp3) is 1.00. The molecule has 4 nitrogen and oxygen atoms in total. The smallest absolute Gasteiger partial charge is 0.283 e. The second-order valence-corrected chi connectivity index (χ2v) is 7.30. The average Bonchev–Trinajstić information content (AvgIpc) is 2.43. The van der Waals surface area contributed by atoms with Gasteiger partial charge in [0, 0.05) is 0 Å². The van der Waals surface area contributed by atoms with Crippen molar-refractivity contribution in [3.63, 3.8) is 0 Å². The van der Waals surface area contributed by atoms with Gasteiger partial charge in [0.25, 0.3) is 10.1 Å². The zero-order valence-corrected chi connectivity index (χ0v) is 14.1. The van der Waals surface area contributed by atoms with Crippen molar-refractivity contribution in [2.75, 3.05) is 6.61 Å². The first kappa shape index (κ1) is 19.9. The highest BCUT2D eigenvalue weighted by Crippen LogP contribution is 2.13. The van der Waals surface area contributed by atoms with Crippen molar-refractivity contribution in [3.05, 3.63) is 0 Å². The van der Waals surface area contributed by atoms with Crippen LogP contribution in [0.2, 0.25) is 0 Å². The lowest BCUT2D eigenvalue weighted by Gasteiger charge is -2.12. The Morgan fingerprint density at radius 2 is 1.35 bits per heavy atom. The van der Waals surface area contributed by atoms with Crippen LogP contribution in [0, 0.1) is 0 Å². The van der Waals surface area contributed by atoms with E-state index in [0.717, 1.165) is 12.8 Å². The summed E-state index contributed by atoms with van der Waals surface area (Å²) in [4.78, 5) is 0. The number of rotatable bonds is 14. The molecule has 0 aliphatic carbocycles. The molecule has 122 valence electrons. The summed E-state index contributed by atoms with van der Waals surface area (Å²) in [6.07, 6.45) is 12.1. The van der Waals surface area contributed by atoms with Crippen LogP contribution in [0.15, 0.2) is 0 Å². The molecule has 0 aliphatic heterocycles. The van der Waals surface area contributed by atoms with Gasteiger partial charge < -0.3 is 5.73 Å². The molecule has 0 radical (unpaired) electrons. The average molecular weight is 308 g/mol. The molecule has 0 saturated carbocycles. The molecule has 0 aromatic heterocycles. The van der Waals surface area contributed by atoms with Crippen LogP contribution in [0.1, 0.15) is 84.5 Å². The fourth-order valence-corrected chi connectivity index (χ4v) is 3.12. The summed E-state index contributed by atoms with van der Waals surface area (Å²) in [5.74, 6) is 0. The van der Waals surface area contributed by atoms with Gasteiger partial charge in [-0.15, -0.1) is 0 Å². The summed E-state index contributed by atoms with van der Waals surface area (Å²) in [7, 11) is -3.55. The Balaban J connectivity index is 3.50. The molecular formula is C15H33NO3S. The number of hydrogen-bond donors (Lipinski definition) is 1. The largest absolute Gasteiger partial charge is 0.313 e. The molecule has 1 atom stereocenters. The van der Waals surface area contributed by atoms with E-state index in [4.69, 9.17) is 9.92 Å². The van der Waals surface area contributed by atoms with Crippen molar-refractivity contribution in [2.45, 2.75) is 89.9 Å². The standard InChI is InChI=1S/C15H33NO3S/c1-3-5-6-7-8-9-10-11-12-13-15(16)20(17,18)19-14-4-2/h15H,3-14,16H2,1-2H3. The van der Waals surface area contributed by atoms with E-state index in [9.17, 15) is 8.42 Å². The van der Waals surface area contributed by atoms with Gasteiger partial charge in [-0.3, -0.25) is 4.18 Å². The minimum Gasteiger partial charge on any atom is -0.313 e. The molecule has 20 heavy (non-hydrogen) atoms. The van der Waals surface area contributed by atoms with E-state index in [2.05, 4.69) is 6.92 Å². The van der Waals surface area contributed by atoms with Gasteiger partial charge in [-0.1, -0.05) is 71.6 Å². The van der Waals surface area contributed by atoms with Gasteiger partial charge in [0.15, 0.2) is 0 Å². The summed E-state index contributed by atoms with van der Waals surface area (Å²) >= 11 is 0. The first-order valence-corrected chi connectivity index (χ1v) is 9.65. The molecule has 0 fully saturated rings. The molecule has 0 spiro atoms. The minimum absolute atomic E-state index is 0.230. The molecular weight excluding hydrogens is 274 g/mol. The van der Waals surface area contributed by atoms with Gasteiger partial charge >= 0.3 is 0 Å². The molecule has 1 unspecified atom stereocenters. The lowest BCUT2D eigenvalue weighted by molar-refractivity contribution is 0.309. The Morgan fingerprint density at radius 3 is 1.85 bits per heavy atom. The molecule has 0 bridgehead atoms. The molecule has 0 aromatic carbocycles. The number of hydrogen-bond acceptors (Lipinski definition) is 4. The van der Waals surface area contributed by atoms with Crippen LogP contribution in [-0.4, -0.2) is 20.4 Å². The molecule has 0 heterocycles. The monoisotopic (exact) mass is 307 g/mol. The lowest BCUT2D eigenvalue weighted by atomic mass is 10.1. The van der Waals surface area contributed by atoms with E-state index >= 15 is 0 Å². The Labute approximate surface area is 125 Å². The third kappa shape index (κ3) is 10.6. The molecule has 0 aromatic rings. The normalized spacial score (nSPS) is 13.6. The zero-order chi connectivity index (χ0) is 15.3. The van der Waals surface area contributed by atoms with Crippen LogP contribution in [0.5, 0.6) is 0 Å². The summed E-state index contributed by atoms with van der Waals surface area (Å²) in [5.41, 5.74) is 5.68. The molecule has 0 aliphatic rings. The first-order chi connectivity index (χ1) is 9.54. The van der Waals surface area contributed by atoms with Gasteiger partial charge in [0.05, 0.1) is 6.61 Å². The van der Waals surface area contributed by atoms with E-state index < -0.39 is 15.5 Å². The van der Waals surface area contributed by atoms with Crippen LogP contribution < -0.4 is 5.73 Å². The van der Waals surface area contributed by atoms with Gasteiger partial charge in [-0.2, -0.15) is 8.42 Å². The summed E-state index contributed by atoms with van der Waals surface area (Å²) in [6, 6.07) is 0. The summed E-state index contributed by atoms with van der Waals surface area (Å²) < 4.78 is 28.0. The Hall–Kier alpha value is -0.130. The molecule has 0 rings (SSSR count). The second-order valence-electron chi connectivity index (χ2n) is 5.47. The van der Waals surface area contributed by atoms with Crippen molar-refractivity contribution < 1.29 is 12.6 Å². The van der Waals surface area contributed by atoms with Crippen molar-refractivity contribution in [3.8, 4) is 0 Å². The van der Waals surface area contributed by atoms with Gasteiger partial charge in [0.2, 0.25) is 0 Å². The minimum atomic E-state index is -3.55. The van der Waals surface area contributed by atoms with Crippen molar-refractivity contribution in [2.24, 2.45) is 5.73 Å². The van der Waals surface area contributed by atoms with Crippen LogP contribution in [0.3, 0.4) is 0 Å². The van der Waals surface area contributed by atoms with Crippen molar-refractivity contribution in [1.82, 2.24) is 0 Å². The highest BCUT2D eigenvalue weighted by molar-refractivity contribution is 7.87. The summed E-state index contributed by atoms with van der Waals surface area (Å²) in [5, 5.41) is -0.862. The Bertz CT molecular complexity index is 304. The van der Waals surface area contributed by atoms with Gasteiger partial charge in [0.1, 0.15) is 5.37 Å². The van der Waals surface area contributed by atoms with Crippen molar-refractivity contribution >= 4 is 10.1 Å². The third-order valence-corrected chi connectivity index (χ3v) is 4.89. The lowest BCUT2D eigenvalue weighted by Crippen LogP contribution is -2.32. The Morgan fingerprint density at radius 1 is 0.850 bits per heavy atom. The highest BCUT2D eigenvalue weighted by atomic mass is 32.2. The predicted molar refractivity (Wildman–Crippen MR) is 85.0 cm³/mol. The molecule has 5 heteroatoms. The molecule has 0 amide bonds. The van der Waals surface area contributed by atoms with Crippen LogP contribution in [0.4, 0.5) is 0 Å². The topological polar surface area (TPSA) is 69.4 Å². The quantitative estimate of drug-likeness (QED) is 0.390. The molecule has 0 saturated heterocycles.